The molecule has 8 rings (SSSR count). The lowest BCUT2D eigenvalue weighted by Crippen LogP contribution is -2.34. The Balaban J connectivity index is 0.000000209. The Hall–Kier alpha value is -6.18. The van der Waals surface area contributed by atoms with Crippen LogP contribution >= 0.6 is 0 Å². The molecule has 6 aromatic rings. The van der Waals surface area contributed by atoms with E-state index in [4.69, 9.17) is 10.8 Å². The van der Waals surface area contributed by atoms with Gasteiger partial charge in [-0.2, -0.15) is 45.3 Å². The Kier molecular flexibility index (Phi) is 17.3. The molecule has 0 spiro atoms. The zero-order chi connectivity index (χ0) is 48.8. The molecule has 0 aliphatic carbocycles. The van der Waals surface area contributed by atoms with E-state index in [0.717, 1.165) is 50.9 Å². The average Bonchev–Trinajstić information content (AvgIpc) is 3.87. The molecule has 368 valence electrons. The molecule has 0 saturated carbocycles. The van der Waals surface area contributed by atoms with Crippen LogP contribution in [-0.4, -0.2) is 73.4 Å². The van der Waals surface area contributed by atoms with Crippen LogP contribution in [0.2, 0.25) is 0 Å². The molecule has 2 aromatic carbocycles. The number of piperidine rings is 2. The predicted octanol–water partition coefficient (Wildman–Crippen LogP) is 11.0. The number of anilines is 2. The monoisotopic (exact) mass is 959 g/mol. The summed E-state index contributed by atoms with van der Waals surface area (Å²) in [7, 11) is 0. The van der Waals surface area contributed by atoms with Crippen molar-refractivity contribution >= 4 is 45.2 Å². The molecule has 20 heteroatoms. The number of carboxylic acid groups (broad SMARTS) is 1. The second-order valence-corrected chi connectivity index (χ2v) is 17.3. The minimum Gasteiger partial charge on any atom is -0.481 e. The van der Waals surface area contributed by atoms with Crippen molar-refractivity contribution in [2.75, 3.05) is 36.0 Å². The van der Waals surface area contributed by atoms with Crippen LogP contribution < -0.4 is 15.5 Å². The van der Waals surface area contributed by atoms with Gasteiger partial charge in [0.05, 0.1) is 27.7 Å². The van der Waals surface area contributed by atoms with E-state index >= 15 is 0 Å². The minimum atomic E-state index is -4.53. The summed E-state index contributed by atoms with van der Waals surface area (Å²) < 4.78 is 105. The number of hydrogen-bond acceptors (Lipinski definition) is 9. The standard InChI is InChI=1S/C24H26F4N4O.C13H18F3N3.C10H9FN2O2.CH4/c1-14-9-11-32(12-10-14)23-16(5-8-21(29-23)24(26,27)28)4-7-20(33)15(2)17-3-6-19-18(13-17)22(25)31-30-19;1-9-4-6-19(7-5-9)12-10(8-17)2-3-11(18-12)13(14,15)16;1-5(10(14)15)6-2-3-8-7(4-6)9(11)13-12-8;/h3,5-6,8,13-15H,4,7,9-12H2,1-2H3,(H,30,31);2-3,9H,4-8,17H2,1H3;2-5H,1H3,(H,12,13)(H,14,15);1H4. The second-order valence-electron chi connectivity index (χ2n) is 17.3. The first-order valence-corrected chi connectivity index (χ1v) is 22.0. The molecule has 68 heavy (non-hydrogen) atoms. The Morgan fingerprint density at radius 2 is 1.10 bits per heavy atom. The number of carboxylic acids is 1. The quantitative estimate of drug-likeness (QED) is 0.0969. The van der Waals surface area contributed by atoms with E-state index in [0.29, 0.717) is 80.6 Å². The van der Waals surface area contributed by atoms with Gasteiger partial charge in [0.1, 0.15) is 28.8 Å². The lowest BCUT2D eigenvalue weighted by Gasteiger charge is -2.33. The molecule has 2 aliphatic heterocycles. The minimum absolute atomic E-state index is 0. The third-order valence-electron chi connectivity index (χ3n) is 12.4. The highest BCUT2D eigenvalue weighted by atomic mass is 19.4. The van der Waals surface area contributed by atoms with Gasteiger partial charge in [-0.3, -0.25) is 19.8 Å². The first-order chi connectivity index (χ1) is 31.6. The number of aromatic amines is 2. The summed E-state index contributed by atoms with van der Waals surface area (Å²) in [5.41, 5.74) is 7.34. The number of pyridine rings is 2. The number of ketones is 1. The molecule has 2 atom stereocenters. The van der Waals surface area contributed by atoms with Crippen molar-refractivity contribution < 1.29 is 49.8 Å². The third kappa shape index (κ3) is 12.9. The van der Waals surface area contributed by atoms with Crippen molar-refractivity contribution in [1.29, 1.82) is 0 Å². The van der Waals surface area contributed by atoms with E-state index in [1.54, 1.807) is 44.2 Å². The molecule has 2 unspecified atom stereocenters. The number of nitrogens with two attached hydrogens (primary N) is 1. The molecule has 12 nitrogen and oxygen atoms in total. The highest BCUT2D eigenvalue weighted by Gasteiger charge is 2.35. The smallest absolute Gasteiger partial charge is 0.433 e. The first-order valence-electron chi connectivity index (χ1n) is 22.0. The van der Waals surface area contributed by atoms with Crippen LogP contribution in [0, 0.1) is 23.7 Å². The highest BCUT2D eigenvalue weighted by molar-refractivity contribution is 5.88. The lowest BCUT2D eigenvalue weighted by molar-refractivity contribution is -0.141. The van der Waals surface area contributed by atoms with Gasteiger partial charge in [0.25, 0.3) is 0 Å². The van der Waals surface area contributed by atoms with Gasteiger partial charge in [0.15, 0.2) is 0 Å². The number of aliphatic carboxylic acids is 1. The van der Waals surface area contributed by atoms with Gasteiger partial charge in [0.2, 0.25) is 11.9 Å². The number of nitrogens with one attached hydrogen (secondary N) is 2. The van der Waals surface area contributed by atoms with Crippen LogP contribution in [0.5, 0.6) is 0 Å². The number of Topliss-reactive ketones (excluding diaryl/α,β-unsaturated/α-hetero) is 1. The van der Waals surface area contributed by atoms with Crippen LogP contribution in [0.25, 0.3) is 21.8 Å². The Morgan fingerprint density at radius 3 is 1.51 bits per heavy atom. The largest absolute Gasteiger partial charge is 0.481 e. The SMILES string of the molecule is C.CC(C(=O)O)c1ccc2n[nH]c(F)c2c1.CC1CCN(c2nc(C(F)(F)F)ccc2CCC(=O)C(C)c2ccc3n[nH]c(F)c3c2)CC1.CC1CCN(c2nc(C(F)(F)F)ccc2CN)CC1. The fourth-order valence-corrected chi connectivity index (χ4v) is 7.95. The van der Waals surface area contributed by atoms with Crippen molar-refractivity contribution in [3.05, 3.63) is 106 Å². The normalized spacial score (nSPS) is 15.8. The molecule has 2 aliphatic rings. The summed E-state index contributed by atoms with van der Waals surface area (Å²) in [6.45, 7) is 10.6. The van der Waals surface area contributed by atoms with Gasteiger partial charge in [-0.05, 0) is 104 Å². The summed E-state index contributed by atoms with van der Waals surface area (Å²) in [5, 5.41) is 21.5. The Morgan fingerprint density at radius 1 is 0.691 bits per heavy atom. The molecule has 0 amide bonds. The summed E-state index contributed by atoms with van der Waals surface area (Å²) in [6.07, 6.45) is -4.77. The molecule has 6 heterocycles. The van der Waals surface area contributed by atoms with Crippen LogP contribution in [0.15, 0.2) is 60.7 Å². The number of aromatic nitrogens is 6. The van der Waals surface area contributed by atoms with Gasteiger partial charge in [0, 0.05) is 50.6 Å². The zero-order valence-corrected chi connectivity index (χ0v) is 37.4. The van der Waals surface area contributed by atoms with Gasteiger partial charge >= 0.3 is 18.3 Å². The number of hydrogen-bond donors (Lipinski definition) is 4. The predicted molar refractivity (Wildman–Crippen MR) is 244 cm³/mol. The van der Waals surface area contributed by atoms with Crippen molar-refractivity contribution in [1.82, 2.24) is 30.4 Å². The summed E-state index contributed by atoms with van der Waals surface area (Å²) in [6, 6.07) is 14.6. The van der Waals surface area contributed by atoms with Gasteiger partial charge in [-0.15, -0.1) is 0 Å². The molecule has 4 aromatic heterocycles. The number of benzene rings is 2. The maximum absolute atomic E-state index is 13.8. The highest BCUT2D eigenvalue weighted by Crippen LogP contribution is 2.35. The molecule has 2 fully saturated rings. The van der Waals surface area contributed by atoms with E-state index in [9.17, 15) is 44.7 Å². The maximum Gasteiger partial charge on any atom is 0.433 e. The molecule has 0 radical (unpaired) electrons. The topological polar surface area (TPSA) is 170 Å². The Bertz CT molecular complexity index is 2650. The molecular weight excluding hydrogens is 903 g/mol. The number of fused-ring (bicyclic) bond motifs is 2. The van der Waals surface area contributed by atoms with Crippen molar-refractivity contribution in [2.24, 2.45) is 17.6 Å². The fraction of sp³-hybridized carbons (Fsp3) is 0.458. The number of carbonyl (C=O) groups excluding carboxylic acids is 1. The van der Waals surface area contributed by atoms with Crippen LogP contribution in [0.1, 0.15) is 113 Å². The molecule has 5 N–H and O–H groups in total. The number of rotatable bonds is 10. The van der Waals surface area contributed by atoms with Crippen LogP contribution in [-0.2, 0) is 34.9 Å². The Labute approximate surface area is 388 Å². The van der Waals surface area contributed by atoms with Gasteiger partial charge in [-0.1, -0.05) is 52.5 Å². The summed E-state index contributed by atoms with van der Waals surface area (Å²) in [4.78, 5) is 35.2. The van der Waals surface area contributed by atoms with Crippen molar-refractivity contribution in [3.8, 4) is 0 Å². The van der Waals surface area contributed by atoms with Crippen molar-refractivity contribution in [3.63, 3.8) is 0 Å². The molecule has 0 bridgehead atoms. The number of H-pyrrole nitrogens is 2. The van der Waals surface area contributed by atoms with E-state index in [1.807, 2.05) is 9.80 Å². The van der Waals surface area contributed by atoms with Gasteiger partial charge in [-0.25, -0.2) is 9.97 Å². The van der Waals surface area contributed by atoms with Crippen LogP contribution in [0.4, 0.5) is 46.8 Å². The number of nitrogens with zero attached hydrogens (tertiary/aromatic N) is 6. The van der Waals surface area contributed by atoms with Crippen molar-refractivity contribution in [2.45, 2.75) is 104 Å². The second kappa shape index (κ2) is 22.3. The lowest BCUT2D eigenvalue weighted by atomic mass is 9.92. The number of carbonyl (C=O) groups is 2. The summed E-state index contributed by atoms with van der Waals surface area (Å²) >= 11 is 0. The molecular formula is C48H57F8N9O3. The van der Waals surface area contributed by atoms with Gasteiger partial charge < -0.3 is 20.6 Å². The van der Waals surface area contributed by atoms with E-state index < -0.39 is 53.4 Å². The zero-order valence-electron chi connectivity index (χ0n) is 37.4. The number of aryl methyl sites for hydroxylation is 1. The van der Waals surface area contributed by atoms with Crippen LogP contribution in [0.3, 0.4) is 0 Å². The first kappa shape index (κ1) is 52.8. The van der Waals surface area contributed by atoms with E-state index in [-0.39, 0.29) is 32.6 Å². The number of alkyl halides is 6. The number of halogens is 8. The van der Waals surface area contributed by atoms with E-state index in [2.05, 4.69) is 44.2 Å². The average molecular weight is 960 g/mol. The summed E-state index contributed by atoms with van der Waals surface area (Å²) in [5.74, 6) is -1.38. The maximum atomic E-state index is 13.8. The fourth-order valence-electron chi connectivity index (χ4n) is 7.95. The molecule has 2 saturated heterocycles. The van der Waals surface area contributed by atoms with E-state index in [1.165, 1.54) is 18.2 Å². The third-order valence-corrected chi connectivity index (χ3v) is 12.4.